The molecule has 0 spiro atoms. The predicted molar refractivity (Wildman–Crippen MR) is 131 cm³/mol. The van der Waals surface area contributed by atoms with Gasteiger partial charge in [0.05, 0.1) is 4.90 Å². The standard InChI is InChI=1S/C24H35N3O2S2/c1-2-19-30-23-13-12-21(20-24(23)31(25,28)29)9-5-4-8-14-26-15-17-27(18-16-26)22-10-6-3-7-11-22/h3,6-7,10-13,20H,2,4-5,8-9,14-19H2,1H3,(H2,25,28,29). The molecule has 1 aliphatic heterocycles. The van der Waals surface area contributed by atoms with Crippen LogP contribution in [-0.2, 0) is 16.4 Å². The van der Waals surface area contributed by atoms with E-state index in [0.717, 1.165) is 74.6 Å². The lowest BCUT2D eigenvalue weighted by Gasteiger charge is -2.36. The summed E-state index contributed by atoms with van der Waals surface area (Å²) >= 11 is 1.56. The van der Waals surface area contributed by atoms with E-state index in [1.165, 1.54) is 12.1 Å². The number of nitrogens with zero attached hydrogens (tertiary/aromatic N) is 2. The van der Waals surface area contributed by atoms with Gasteiger partial charge in [0.1, 0.15) is 0 Å². The molecule has 2 aromatic rings. The fourth-order valence-electron chi connectivity index (χ4n) is 3.97. The van der Waals surface area contributed by atoms with E-state index in [9.17, 15) is 8.42 Å². The Kier molecular flexibility index (Phi) is 9.26. The first-order chi connectivity index (χ1) is 15.0. The Morgan fingerprint density at radius 2 is 1.71 bits per heavy atom. The monoisotopic (exact) mass is 461 g/mol. The molecule has 0 atom stereocenters. The van der Waals surface area contributed by atoms with E-state index in [0.29, 0.717) is 0 Å². The van der Waals surface area contributed by atoms with Gasteiger partial charge in [-0.25, -0.2) is 13.6 Å². The predicted octanol–water partition coefficient (Wildman–Crippen LogP) is 4.37. The number of para-hydroxylation sites is 1. The summed E-state index contributed by atoms with van der Waals surface area (Å²) < 4.78 is 24.0. The summed E-state index contributed by atoms with van der Waals surface area (Å²) in [5.41, 5.74) is 2.38. The zero-order valence-electron chi connectivity index (χ0n) is 18.5. The number of rotatable bonds is 11. The van der Waals surface area contributed by atoms with Crippen LogP contribution < -0.4 is 10.0 Å². The highest BCUT2D eigenvalue weighted by molar-refractivity contribution is 8.00. The number of anilines is 1. The summed E-state index contributed by atoms with van der Waals surface area (Å²) in [5, 5.41) is 5.45. The van der Waals surface area contributed by atoms with E-state index in [-0.39, 0.29) is 4.90 Å². The average molecular weight is 462 g/mol. The Balaban J connectivity index is 1.39. The number of thioether (sulfide) groups is 1. The van der Waals surface area contributed by atoms with Gasteiger partial charge in [-0.3, -0.25) is 4.90 Å². The number of primary sulfonamides is 1. The van der Waals surface area contributed by atoms with Crippen molar-refractivity contribution in [1.82, 2.24) is 4.90 Å². The van der Waals surface area contributed by atoms with Crippen LogP contribution in [0.15, 0.2) is 58.3 Å². The summed E-state index contributed by atoms with van der Waals surface area (Å²) in [4.78, 5) is 6.06. The molecule has 0 radical (unpaired) electrons. The fraction of sp³-hybridized carbons (Fsp3) is 0.500. The molecular weight excluding hydrogens is 426 g/mol. The summed E-state index contributed by atoms with van der Waals surface area (Å²) in [6, 6.07) is 16.4. The van der Waals surface area contributed by atoms with Crippen molar-refractivity contribution in [2.75, 3.05) is 43.4 Å². The molecule has 1 fully saturated rings. The number of hydrogen-bond donors (Lipinski definition) is 1. The van der Waals surface area contributed by atoms with Gasteiger partial charge in [0, 0.05) is 36.8 Å². The lowest BCUT2D eigenvalue weighted by Crippen LogP contribution is -2.46. The molecule has 3 rings (SSSR count). The van der Waals surface area contributed by atoms with Crippen LogP contribution >= 0.6 is 11.8 Å². The van der Waals surface area contributed by atoms with E-state index >= 15 is 0 Å². The highest BCUT2D eigenvalue weighted by Gasteiger charge is 2.17. The third kappa shape index (κ3) is 7.52. The van der Waals surface area contributed by atoms with Crippen molar-refractivity contribution in [2.45, 2.75) is 48.8 Å². The van der Waals surface area contributed by atoms with Crippen molar-refractivity contribution in [2.24, 2.45) is 5.14 Å². The van der Waals surface area contributed by atoms with Gasteiger partial charge in [-0.1, -0.05) is 37.6 Å². The number of nitrogens with two attached hydrogens (primary N) is 1. The van der Waals surface area contributed by atoms with Crippen molar-refractivity contribution >= 4 is 27.5 Å². The second-order valence-electron chi connectivity index (χ2n) is 8.15. The topological polar surface area (TPSA) is 66.6 Å². The molecule has 5 nitrogen and oxygen atoms in total. The van der Waals surface area contributed by atoms with Crippen LogP contribution in [0.4, 0.5) is 5.69 Å². The molecule has 0 saturated carbocycles. The molecule has 0 unspecified atom stereocenters. The minimum atomic E-state index is -3.69. The number of sulfonamides is 1. The highest BCUT2D eigenvalue weighted by Crippen LogP contribution is 2.28. The molecule has 31 heavy (non-hydrogen) atoms. The smallest absolute Gasteiger partial charge is 0.239 e. The highest BCUT2D eigenvalue weighted by atomic mass is 32.2. The van der Waals surface area contributed by atoms with E-state index in [2.05, 4.69) is 53.1 Å². The van der Waals surface area contributed by atoms with Gasteiger partial charge in [0.25, 0.3) is 0 Å². The molecule has 0 bridgehead atoms. The molecule has 0 amide bonds. The molecule has 170 valence electrons. The summed E-state index contributed by atoms with van der Waals surface area (Å²) in [5.74, 6) is 0.890. The van der Waals surface area contributed by atoms with Crippen LogP contribution in [0.2, 0.25) is 0 Å². The fourth-order valence-corrected chi connectivity index (χ4v) is 5.95. The number of benzene rings is 2. The average Bonchev–Trinajstić information content (AvgIpc) is 2.78. The zero-order chi connectivity index (χ0) is 22.1. The lowest BCUT2D eigenvalue weighted by atomic mass is 10.1. The van der Waals surface area contributed by atoms with Crippen LogP contribution in [0.25, 0.3) is 0 Å². The van der Waals surface area contributed by atoms with Crippen molar-refractivity contribution < 1.29 is 8.42 Å². The van der Waals surface area contributed by atoms with Crippen molar-refractivity contribution in [3.63, 3.8) is 0 Å². The van der Waals surface area contributed by atoms with Crippen LogP contribution in [-0.4, -0.2) is 51.8 Å². The minimum absolute atomic E-state index is 0.278. The van der Waals surface area contributed by atoms with Crippen LogP contribution in [0.1, 0.15) is 38.2 Å². The first-order valence-electron chi connectivity index (χ1n) is 11.3. The summed E-state index contributed by atoms with van der Waals surface area (Å²) in [6.07, 6.45) is 5.28. The summed E-state index contributed by atoms with van der Waals surface area (Å²) in [7, 11) is -3.69. The van der Waals surface area contributed by atoms with Gasteiger partial charge < -0.3 is 4.90 Å². The number of aryl methyl sites for hydroxylation is 1. The van der Waals surface area contributed by atoms with Gasteiger partial charge in [0.2, 0.25) is 10.0 Å². The third-order valence-corrected chi connectivity index (χ3v) is 8.07. The molecule has 2 aromatic carbocycles. The largest absolute Gasteiger partial charge is 0.369 e. The minimum Gasteiger partial charge on any atom is -0.369 e. The van der Waals surface area contributed by atoms with Crippen molar-refractivity contribution in [3.8, 4) is 0 Å². The van der Waals surface area contributed by atoms with E-state index < -0.39 is 10.0 Å². The molecule has 0 aromatic heterocycles. The van der Waals surface area contributed by atoms with E-state index in [1.54, 1.807) is 17.8 Å². The second kappa shape index (κ2) is 11.9. The quantitative estimate of drug-likeness (QED) is 0.398. The van der Waals surface area contributed by atoms with Crippen molar-refractivity contribution in [3.05, 3.63) is 54.1 Å². The molecule has 1 aliphatic rings. The zero-order valence-corrected chi connectivity index (χ0v) is 20.1. The molecule has 1 heterocycles. The first kappa shape index (κ1) is 24.1. The third-order valence-electron chi connectivity index (χ3n) is 5.71. The molecule has 0 aliphatic carbocycles. The Morgan fingerprint density at radius 1 is 0.968 bits per heavy atom. The van der Waals surface area contributed by atoms with Crippen LogP contribution in [0, 0.1) is 0 Å². The normalized spacial score (nSPS) is 15.4. The Bertz CT molecular complexity index is 912. The number of piperazine rings is 1. The summed E-state index contributed by atoms with van der Waals surface area (Å²) in [6.45, 7) is 7.62. The van der Waals surface area contributed by atoms with E-state index in [1.807, 2.05) is 6.07 Å². The maximum atomic E-state index is 12.0. The maximum absolute atomic E-state index is 12.0. The lowest BCUT2D eigenvalue weighted by molar-refractivity contribution is 0.252. The van der Waals surface area contributed by atoms with Crippen LogP contribution in [0.5, 0.6) is 0 Å². The van der Waals surface area contributed by atoms with Gasteiger partial charge in [0.15, 0.2) is 0 Å². The molecule has 1 saturated heterocycles. The van der Waals surface area contributed by atoms with Crippen molar-refractivity contribution in [1.29, 1.82) is 0 Å². The van der Waals surface area contributed by atoms with Gasteiger partial charge >= 0.3 is 0 Å². The number of unbranched alkanes of at least 4 members (excludes halogenated alkanes) is 2. The Hall–Kier alpha value is -1.54. The van der Waals surface area contributed by atoms with Crippen LogP contribution in [0.3, 0.4) is 0 Å². The van der Waals surface area contributed by atoms with Gasteiger partial charge in [-0.2, -0.15) is 0 Å². The number of hydrogen-bond acceptors (Lipinski definition) is 5. The maximum Gasteiger partial charge on any atom is 0.239 e. The molecular formula is C24H35N3O2S2. The van der Waals surface area contributed by atoms with Gasteiger partial charge in [-0.15, -0.1) is 11.8 Å². The molecule has 2 N–H and O–H groups in total. The second-order valence-corrected chi connectivity index (χ2v) is 10.8. The van der Waals surface area contributed by atoms with E-state index in [4.69, 9.17) is 5.14 Å². The van der Waals surface area contributed by atoms with Gasteiger partial charge in [-0.05, 0) is 67.8 Å². The Morgan fingerprint density at radius 3 is 2.39 bits per heavy atom. The first-order valence-corrected chi connectivity index (χ1v) is 13.8. The Labute approximate surface area is 192 Å². The SMILES string of the molecule is CCCSc1ccc(CCCCCN2CCN(c3ccccc3)CC2)cc1S(N)(=O)=O. The molecule has 7 heteroatoms.